The molecule has 1 aliphatic heterocycles. The van der Waals surface area contributed by atoms with Gasteiger partial charge in [0.1, 0.15) is 5.82 Å². The quantitative estimate of drug-likeness (QED) is 0.851. The van der Waals surface area contributed by atoms with E-state index in [2.05, 4.69) is 23.8 Å². The van der Waals surface area contributed by atoms with Crippen molar-refractivity contribution in [2.75, 3.05) is 13.1 Å². The summed E-state index contributed by atoms with van der Waals surface area (Å²) in [5.41, 5.74) is 0.453. The van der Waals surface area contributed by atoms with Gasteiger partial charge in [-0.25, -0.2) is 4.98 Å². The first-order valence-electron chi connectivity index (χ1n) is 6.43. The third kappa shape index (κ3) is 3.35. The predicted molar refractivity (Wildman–Crippen MR) is 73.2 cm³/mol. The lowest BCUT2D eigenvalue weighted by Gasteiger charge is -2.18. The highest BCUT2D eigenvalue weighted by atomic mass is 35.5. The number of carbonyl (C=O) groups is 1. The minimum atomic E-state index is -0.213. The summed E-state index contributed by atoms with van der Waals surface area (Å²) in [7, 11) is 0. The van der Waals surface area contributed by atoms with Gasteiger partial charge in [-0.15, -0.1) is 11.6 Å². The van der Waals surface area contributed by atoms with Crippen molar-refractivity contribution in [3.05, 3.63) is 27.9 Å². The van der Waals surface area contributed by atoms with Crippen LogP contribution in [-0.2, 0) is 10.7 Å². The Bertz CT molecular complexity index is 527. The van der Waals surface area contributed by atoms with Crippen LogP contribution in [0.4, 0.5) is 0 Å². The first-order valence-corrected chi connectivity index (χ1v) is 6.97. The monoisotopic (exact) mass is 283 g/mol. The normalized spacial score (nSPS) is 19.5. The molecule has 1 aliphatic rings. The molecule has 0 radical (unpaired) electrons. The molecule has 1 unspecified atom stereocenters. The average Bonchev–Trinajstić information content (AvgIpc) is 2.69. The van der Waals surface area contributed by atoms with Crippen LogP contribution in [0.2, 0.25) is 0 Å². The number of hydrogen-bond acceptors (Lipinski definition) is 3. The maximum absolute atomic E-state index is 11.9. The summed E-state index contributed by atoms with van der Waals surface area (Å²) in [4.78, 5) is 32.2. The number of aromatic nitrogens is 2. The molecule has 0 spiro atoms. The van der Waals surface area contributed by atoms with Crippen LogP contribution in [0.5, 0.6) is 0 Å². The van der Waals surface area contributed by atoms with Crippen LogP contribution in [0.3, 0.4) is 0 Å². The topological polar surface area (TPSA) is 66.1 Å². The van der Waals surface area contributed by atoms with E-state index in [4.69, 9.17) is 11.6 Å². The molecule has 1 fully saturated rings. The van der Waals surface area contributed by atoms with Gasteiger partial charge in [-0.2, -0.15) is 0 Å². The van der Waals surface area contributed by atoms with Crippen molar-refractivity contribution in [1.29, 1.82) is 0 Å². The summed E-state index contributed by atoms with van der Waals surface area (Å²) in [6.07, 6.45) is 0.422. The fourth-order valence-corrected chi connectivity index (χ4v) is 2.52. The fourth-order valence-electron chi connectivity index (χ4n) is 2.39. The van der Waals surface area contributed by atoms with Gasteiger partial charge in [0.05, 0.1) is 11.6 Å². The SMILES string of the molecule is CC(C)CN1CC(c2cc(=O)[nH]c(CCl)n2)CC1=O. The Labute approximate surface area is 117 Å². The lowest BCUT2D eigenvalue weighted by Crippen LogP contribution is -2.29. The highest BCUT2D eigenvalue weighted by Crippen LogP contribution is 2.26. The van der Waals surface area contributed by atoms with Crippen LogP contribution < -0.4 is 5.56 Å². The number of likely N-dealkylation sites (tertiary alicyclic amines) is 1. The second-order valence-corrected chi connectivity index (χ2v) is 5.61. The molecule has 1 aromatic rings. The van der Waals surface area contributed by atoms with Gasteiger partial charge in [0, 0.05) is 31.5 Å². The second kappa shape index (κ2) is 5.74. The molecule has 5 nitrogen and oxygen atoms in total. The summed E-state index contributed by atoms with van der Waals surface area (Å²) in [5, 5.41) is 0. The molecular weight excluding hydrogens is 266 g/mol. The number of amides is 1. The van der Waals surface area contributed by atoms with E-state index in [0.29, 0.717) is 30.4 Å². The van der Waals surface area contributed by atoms with Gasteiger partial charge >= 0.3 is 0 Å². The highest BCUT2D eigenvalue weighted by Gasteiger charge is 2.31. The first-order chi connectivity index (χ1) is 8.99. The molecule has 1 N–H and O–H groups in total. The van der Waals surface area contributed by atoms with Crippen LogP contribution in [0.1, 0.15) is 37.7 Å². The van der Waals surface area contributed by atoms with Crippen molar-refractivity contribution in [3.8, 4) is 0 Å². The minimum Gasteiger partial charge on any atom is -0.342 e. The van der Waals surface area contributed by atoms with Crippen molar-refractivity contribution < 1.29 is 4.79 Å². The van der Waals surface area contributed by atoms with E-state index < -0.39 is 0 Å². The van der Waals surface area contributed by atoms with Crippen LogP contribution in [-0.4, -0.2) is 33.9 Å². The molecule has 19 heavy (non-hydrogen) atoms. The number of nitrogens with one attached hydrogen (secondary N) is 1. The molecule has 0 saturated carbocycles. The number of rotatable bonds is 4. The van der Waals surface area contributed by atoms with Gasteiger partial charge in [0.25, 0.3) is 5.56 Å². The zero-order chi connectivity index (χ0) is 14.0. The molecule has 0 aromatic carbocycles. The van der Waals surface area contributed by atoms with Crippen LogP contribution in [0.25, 0.3) is 0 Å². The van der Waals surface area contributed by atoms with Crippen LogP contribution in [0, 0.1) is 5.92 Å². The van der Waals surface area contributed by atoms with Crippen molar-refractivity contribution >= 4 is 17.5 Å². The summed E-state index contributed by atoms with van der Waals surface area (Å²) < 4.78 is 0. The smallest absolute Gasteiger partial charge is 0.251 e. The van der Waals surface area contributed by atoms with E-state index in [9.17, 15) is 9.59 Å². The second-order valence-electron chi connectivity index (χ2n) is 5.34. The van der Waals surface area contributed by atoms with Gasteiger partial charge in [-0.1, -0.05) is 13.8 Å². The third-order valence-corrected chi connectivity index (χ3v) is 3.41. The lowest BCUT2D eigenvalue weighted by molar-refractivity contribution is -0.128. The first kappa shape index (κ1) is 14.1. The largest absolute Gasteiger partial charge is 0.342 e. The van der Waals surface area contributed by atoms with Crippen molar-refractivity contribution in [3.63, 3.8) is 0 Å². The fraction of sp³-hybridized carbons (Fsp3) is 0.615. The zero-order valence-corrected chi connectivity index (χ0v) is 11.9. The van der Waals surface area contributed by atoms with E-state index in [0.717, 1.165) is 6.54 Å². The zero-order valence-electron chi connectivity index (χ0n) is 11.1. The number of alkyl halides is 1. The summed E-state index contributed by atoms with van der Waals surface area (Å²) in [6, 6.07) is 1.47. The molecule has 1 aromatic heterocycles. The van der Waals surface area contributed by atoms with E-state index >= 15 is 0 Å². The van der Waals surface area contributed by atoms with Gasteiger partial charge in [-0.05, 0) is 5.92 Å². The van der Waals surface area contributed by atoms with Crippen molar-refractivity contribution in [2.45, 2.75) is 32.1 Å². The summed E-state index contributed by atoms with van der Waals surface area (Å²) in [5.74, 6) is 1.19. The maximum atomic E-state index is 11.9. The molecule has 2 heterocycles. The van der Waals surface area contributed by atoms with Gasteiger partial charge in [0.2, 0.25) is 5.91 Å². The average molecular weight is 284 g/mol. The van der Waals surface area contributed by atoms with E-state index in [-0.39, 0.29) is 23.3 Å². The molecule has 2 rings (SSSR count). The molecule has 104 valence electrons. The molecule has 1 atom stereocenters. The molecule has 6 heteroatoms. The van der Waals surface area contributed by atoms with Crippen molar-refractivity contribution in [1.82, 2.24) is 14.9 Å². The molecular formula is C13H18ClN3O2. The Hall–Kier alpha value is -1.36. The van der Waals surface area contributed by atoms with E-state index in [1.807, 2.05) is 4.90 Å². The van der Waals surface area contributed by atoms with Gasteiger partial charge in [0.15, 0.2) is 0 Å². The highest BCUT2D eigenvalue weighted by molar-refractivity contribution is 6.16. The molecule has 1 saturated heterocycles. The number of aromatic amines is 1. The minimum absolute atomic E-state index is 0.00415. The molecule has 0 aliphatic carbocycles. The Kier molecular flexibility index (Phi) is 4.24. The van der Waals surface area contributed by atoms with E-state index in [1.54, 1.807) is 0 Å². The standard InChI is InChI=1S/C13H18ClN3O2/c1-8(2)6-17-7-9(3-13(17)19)10-4-12(18)16-11(5-14)15-10/h4,8-9H,3,5-7H2,1-2H3,(H,15,16,18). The third-order valence-electron chi connectivity index (χ3n) is 3.16. The predicted octanol–water partition coefficient (Wildman–Crippen LogP) is 1.48. The maximum Gasteiger partial charge on any atom is 0.251 e. The Morgan fingerprint density at radius 2 is 2.26 bits per heavy atom. The van der Waals surface area contributed by atoms with Crippen molar-refractivity contribution in [2.24, 2.45) is 5.92 Å². The summed E-state index contributed by atoms with van der Waals surface area (Å²) in [6.45, 7) is 5.55. The lowest BCUT2D eigenvalue weighted by atomic mass is 10.0. The van der Waals surface area contributed by atoms with Gasteiger partial charge in [-0.3, -0.25) is 9.59 Å². The number of H-pyrrole nitrogens is 1. The number of halogens is 1. The number of nitrogens with zero attached hydrogens (tertiary/aromatic N) is 2. The number of carbonyl (C=O) groups excluding carboxylic acids is 1. The Balaban J connectivity index is 2.18. The Morgan fingerprint density at radius 3 is 2.89 bits per heavy atom. The summed E-state index contributed by atoms with van der Waals surface area (Å²) >= 11 is 5.69. The van der Waals surface area contributed by atoms with Crippen LogP contribution >= 0.6 is 11.6 Å². The van der Waals surface area contributed by atoms with Gasteiger partial charge < -0.3 is 9.88 Å². The van der Waals surface area contributed by atoms with Crippen LogP contribution in [0.15, 0.2) is 10.9 Å². The molecule has 1 amide bonds. The Morgan fingerprint density at radius 1 is 1.53 bits per heavy atom. The van der Waals surface area contributed by atoms with E-state index in [1.165, 1.54) is 6.07 Å². The number of hydrogen-bond donors (Lipinski definition) is 1. The molecule has 0 bridgehead atoms.